The third-order valence-electron chi connectivity index (χ3n) is 3.22. The van der Waals surface area contributed by atoms with Gasteiger partial charge in [0.25, 0.3) is 0 Å². The van der Waals surface area contributed by atoms with Gasteiger partial charge in [0.1, 0.15) is 5.75 Å². The molecule has 1 fully saturated rings. The molecule has 0 spiro atoms. The molecule has 2 aromatic rings. The van der Waals surface area contributed by atoms with Crippen molar-refractivity contribution < 1.29 is 14.3 Å². The Morgan fingerprint density at radius 2 is 2.10 bits per heavy atom. The van der Waals surface area contributed by atoms with E-state index >= 15 is 0 Å². The Labute approximate surface area is 120 Å². The second-order valence-corrected chi connectivity index (χ2v) is 5.06. The number of anilines is 1. The molecule has 1 aromatic carbocycles. The van der Waals surface area contributed by atoms with Gasteiger partial charge in [-0.3, -0.25) is 9.69 Å². The molecule has 0 radical (unpaired) electrons. The van der Waals surface area contributed by atoms with E-state index in [1.165, 1.54) is 17.0 Å². The fraction of sp³-hybridized carbons (Fsp3) is 0.308. The molecule has 0 bridgehead atoms. The van der Waals surface area contributed by atoms with Crippen LogP contribution in [0.4, 0.5) is 6.01 Å². The quantitative estimate of drug-likeness (QED) is 0.842. The van der Waals surface area contributed by atoms with Gasteiger partial charge in [0, 0.05) is 18.5 Å². The first-order chi connectivity index (χ1) is 9.67. The van der Waals surface area contributed by atoms with Crippen LogP contribution >= 0.6 is 12.6 Å². The number of aromatic hydroxyl groups is 1. The van der Waals surface area contributed by atoms with E-state index < -0.39 is 0 Å². The maximum absolute atomic E-state index is 11.9. The van der Waals surface area contributed by atoms with Gasteiger partial charge in [0.05, 0.1) is 0 Å². The lowest BCUT2D eigenvalue weighted by Gasteiger charge is -2.09. The number of amides is 1. The van der Waals surface area contributed by atoms with E-state index in [2.05, 4.69) is 22.8 Å². The molecule has 1 atom stereocenters. The Bertz CT molecular complexity index is 626. The Kier molecular flexibility index (Phi) is 3.35. The molecule has 1 aliphatic rings. The molecule has 1 amide bonds. The van der Waals surface area contributed by atoms with Crippen LogP contribution in [0.5, 0.6) is 5.75 Å². The molecule has 1 unspecified atom stereocenters. The zero-order valence-electron chi connectivity index (χ0n) is 10.6. The van der Waals surface area contributed by atoms with Gasteiger partial charge in [-0.15, -0.1) is 5.10 Å². The van der Waals surface area contributed by atoms with Crippen LogP contribution in [0.3, 0.4) is 0 Å². The number of nitrogens with zero attached hydrogens (tertiary/aromatic N) is 3. The first-order valence-electron chi connectivity index (χ1n) is 6.21. The highest BCUT2D eigenvalue weighted by Crippen LogP contribution is 2.28. The van der Waals surface area contributed by atoms with Gasteiger partial charge in [-0.05, 0) is 35.9 Å². The molecule has 1 N–H and O–H groups in total. The summed E-state index contributed by atoms with van der Waals surface area (Å²) in [6.07, 6.45) is 0.459. The number of carbonyl (C=O) groups is 1. The molecule has 104 valence electrons. The molecule has 6 nitrogen and oxygen atoms in total. The lowest BCUT2D eigenvalue weighted by Crippen LogP contribution is -2.24. The van der Waals surface area contributed by atoms with Gasteiger partial charge in [0.15, 0.2) is 0 Å². The number of thiol groups is 1. The Morgan fingerprint density at radius 3 is 2.75 bits per heavy atom. The zero-order valence-corrected chi connectivity index (χ0v) is 11.5. The van der Waals surface area contributed by atoms with E-state index in [9.17, 15) is 9.90 Å². The number of benzene rings is 1. The maximum Gasteiger partial charge on any atom is 0.325 e. The lowest BCUT2D eigenvalue weighted by atomic mass is 10.1. The summed E-state index contributed by atoms with van der Waals surface area (Å²) in [6, 6.07) is 6.64. The summed E-state index contributed by atoms with van der Waals surface area (Å²) in [5, 5.41) is 17.1. The van der Waals surface area contributed by atoms with Crippen LogP contribution in [-0.4, -0.2) is 33.5 Å². The van der Waals surface area contributed by atoms with Crippen molar-refractivity contribution in [1.82, 2.24) is 10.2 Å². The monoisotopic (exact) mass is 291 g/mol. The van der Waals surface area contributed by atoms with Gasteiger partial charge in [0.2, 0.25) is 11.8 Å². The molecule has 1 aromatic heterocycles. The molecule has 7 heteroatoms. The third kappa shape index (κ3) is 2.36. The first kappa shape index (κ1) is 13.0. The van der Waals surface area contributed by atoms with Crippen LogP contribution in [0.2, 0.25) is 0 Å². The molecule has 3 rings (SSSR count). The van der Waals surface area contributed by atoms with E-state index in [4.69, 9.17) is 4.42 Å². The van der Waals surface area contributed by atoms with Gasteiger partial charge >= 0.3 is 6.01 Å². The maximum atomic E-state index is 11.9. The average molecular weight is 291 g/mol. The standard InChI is InChI=1S/C13H13N3O3S/c17-10-3-1-9(2-4-10)12-14-15-13(19-12)16-6-8(7-20)5-11(16)18/h1-4,8,17,20H,5-7H2. The number of carbonyl (C=O) groups excluding carboxylic acids is 1. The van der Waals surface area contributed by atoms with Crippen molar-refractivity contribution in [2.45, 2.75) is 6.42 Å². The Hall–Kier alpha value is -2.02. The van der Waals surface area contributed by atoms with Crippen LogP contribution < -0.4 is 4.90 Å². The number of phenolic OH excluding ortho intramolecular Hbond substituents is 1. The molecule has 0 aliphatic carbocycles. The van der Waals surface area contributed by atoms with Crippen molar-refractivity contribution in [3.05, 3.63) is 24.3 Å². The highest BCUT2D eigenvalue weighted by molar-refractivity contribution is 7.80. The zero-order chi connectivity index (χ0) is 14.1. The summed E-state index contributed by atoms with van der Waals surface area (Å²) >= 11 is 4.21. The minimum atomic E-state index is -0.0232. The topological polar surface area (TPSA) is 79.5 Å². The normalized spacial score (nSPS) is 18.8. The average Bonchev–Trinajstić information content (AvgIpc) is 3.06. The highest BCUT2D eigenvalue weighted by atomic mass is 32.1. The minimum absolute atomic E-state index is 0.0232. The molecule has 20 heavy (non-hydrogen) atoms. The third-order valence-corrected chi connectivity index (χ3v) is 3.74. The van der Waals surface area contributed by atoms with Gasteiger partial charge in [-0.25, -0.2) is 0 Å². The number of rotatable bonds is 3. The largest absolute Gasteiger partial charge is 0.508 e. The van der Waals surface area contributed by atoms with E-state index in [0.717, 1.165) is 0 Å². The molecular weight excluding hydrogens is 278 g/mol. The highest BCUT2D eigenvalue weighted by Gasteiger charge is 2.33. The van der Waals surface area contributed by atoms with E-state index in [1.807, 2.05) is 0 Å². The van der Waals surface area contributed by atoms with Crippen molar-refractivity contribution in [1.29, 1.82) is 0 Å². The van der Waals surface area contributed by atoms with Crippen molar-refractivity contribution in [2.75, 3.05) is 17.2 Å². The van der Waals surface area contributed by atoms with Gasteiger partial charge < -0.3 is 9.52 Å². The van der Waals surface area contributed by atoms with Crippen LogP contribution in [0.25, 0.3) is 11.5 Å². The second kappa shape index (κ2) is 5.16. The number of phenols is 1. The summed E-state index contributed by atoms with van der Waals surface area (Å²) < 4.78 is 5.53. The van der Waals surface area contributed by atoms with Gasteiger partial charge in [-0.1, -0.05) is 5.10 Å². The minimum Gasteiger partial charge on any atom is -0.508 e. The summed E-state index contributed by atoms with van der Waals surface area (Å²) in [5.41, 5.74) is 0.693. The van der Waals surface area contributed by atoms with Crippen LogP contribution in [0.1, 0.15) is 6.42 Å². The smallest absolute Gasteiger partial charge is 0.325 e. The van der Waals surface area contributed by atoms with E-state index in [1.54, 1.807) is 12.1 Å². The van der Waals surface area contributed by atoms with Crippen molar-refractivity contribution in [3.8, 4) is 17.2 Å². The van der Waals surface area contributed by atoms with Crippen LogP contribution in [0.15, 0.2) is 28.7 Å². The summed E-state index contributed by atoms with van der Waals surface area (Å²) in [6.45, 7) is 0.555. The van der Waals surface area contributed by atoms with Crippen molar-refractivity contribution in [3.63, 3.8) is 0 Å². The first-order valence-corrected chi connectivity index (χ1v) is 6.84. The fourth-order valence-electron chi connectivity index (χ4n) is 2.13. The van der Waals surface area contributed by atoms with Crippen LogP contribution in [-0.2, 0) is 4.79 Å². The molecule has 1 saturated heterocycles. The van der Waals surface area contributed by atoms with Crippen LogP contribution in [0, 0.1) is 5.92 Å². The second-order valence-electron chi connectivity index (χ2n) is 4.69. The molecule has 0 saturated carbocycles. The number of hydrogen-bond acceptors (Lipinski definition) is 6. The molecular formula is C13H13N3O3S. The van der Waals surface area contributed by atoms with Crippen molar-refractivity contribution in [2.24, 2.45) is 5.92 Å². The Balaban J connectivity index is 1.83. The van der Waals surface area contributed by atoms with Crippen molar-refractivity contribution >= 4 is 24.6 Å². The summed E-state index contributed by atoms with van der Waals surface area (Å²) in [5.74, 6) is 1.34. The molecule has 2 heterocycles. The van der Waals surface area contributed by atoms with E-state index in [-0.39, 0.29) is 23.6 Å². The predicted molar refractivity (Wildman–Crippen MR) is 75.7 cm³/mol. The Morgan fingerprint density at radius 1 is 1.35 bits per heavy atom. The fourth-order valence-corrected chi connectivity index (χ4v) is 2.38. The van der Waals surface area contributed by atoms with E-state index in [0.29, 0.717) is 30.2 Å². The number of aromatic nitrogens is 2. The van der Waals surface area contributed by atoms with Gasteiger partial charge in [-0.2, -0.15) is 12.6 Å². The summed E-state index contributed by atoms with van der Waals surface area (Å²) in [4.78, 5) is 13.4. The lowest BCUT2D eigenvalue weighted by molar-refractivity contribution is -0.117. The molecule has 1 aliphatic heterocycles. The predicted octanol–water partition coefficient (Wildman–Crippen LogP) is 1.72. The number of hydrogen-bond donors (Lipinski definition) is 2. The SMILES string of the molecule is O=C1CC(CS)CN1c1nnc(-c2ccc(O)cc2)o1. The summed E-state index contributed by atoms with van der Waals surface area (Å²) in [7, 11) is 0.